The van der Waals surface area contributed by atoms with E-state index in [-0.39, 0.29) is 11.5 Å². The first-order valence-corrected chi connectivity index (χ1v) is 9.03. The zero-order valence-electron chi connectivity index (χ0n) is 15.5. The molecule has 8 heteroatoms. The van der Waals surface area contributed by atoms with Crippen LogP contribution in [0.1, 0.15) is 27.7 Å². The molecule has 1 aromatic heterocycles. The van der Waals surface area contributed by atoms with Gasteiger partial charge in [-0.1, -0.05) is 17.7 Å². The highest BCUT2D eigenvalue weighted by Gasteiger charge is 2.51. The minimum atomic E-state index is -0.499. The van der Waals surface area contributed by atoms with Crippen molar-refractivity contribution in [3.05, 3.63) is 41.6 Å². The molecule has 0 spiro atoms. The molecule has 2 N–H and O–H groups in total. The van der Waals surface area contributed by atoms with Crippen LogP contribution < -0.4 is 5.46 Å². The van der Waals surface area contributed by atoms with E-state index in [1.807, 2.05) is 45.9 Å². The van der Waals surface area contributed by atoms with Crippen molar-refractivity contribution in [1.29, 1.82) is 0 Å². The molecule has 27 heavy (non-hydrogen) atoms. The molecule has 0 aliphatic carbocycles. The Morgan fingerprint density at radius 1 is 1.00 bits per heavy atom. The monoisotopic (exact) mass is 386 g/mol. The van der Waals surface area contributed by atoms with Gasteiger partial charge in [0.05, 0.1) is 16.7 Å². The van der Waals surface area contributed by atoms with Gasteiger partial charge in [-0.15, -0.1) is 0 Å². The van der Waals surface area contributed by atoms with E-state index in [4.69, 9.17) is 20.9 Å². The molecule has 0 radical (unpaired) electrons. The van der Waals surface area contributed by atoms with Crippen LogP contribution in [0.25, 0.3) is 16.6 Å². The van der Waals surface area contributed by atoms with E-state index in [1.165, 1.54) is 16.8 Å². The van der Waals surface area contributed by atoms with Crippen molar-refractivity contribution < 1.29 is 19.5 Å². The van der Waals surface area contributed by atoms with E-state index in [2.05, 4.69) is 5.10 Å². The Balaban J connectivity index is 1.77. The molecule has 6 nitrogen and oxygen atoms in total. The summed E-state index contributed by atoms with van der Waals surface area (Å²) in [5, 5.41) is 25.1. The summed E-state index contributed by atoms with van der Waals surface area (Å²) in [4.78, 5) is 0. The second-order valence-electron chi connectivity index (χ2n) is 7.74. The average molecular weight is 387 g/mol. The van der Waals surface area contributed by atoms with Crippen molar-refractivity contribution in [3.63, 3.8) is 0 Å². The molecule has 1 saturated heterocycles. The lowest BCUT2D eigenvalue weighted by Crippen LogP contribution is -2.41. The number of aromatic hydroxyl groups is 2. The van der Waals surface area contributed by atoms with Gasteiger partial charge < -0.3 is 19.5 Å². The molecule has 0 amide bonds. The molecule has 1 fully saturated rings. The van der Waals surface area contributed by atoms with Crippen molar-refractivity contribution >= 4 is 35.1 Å². The van der Waals surface area contributed by atoms with Crippen LogP contribution in [-0.4, -0.2) is 38.3 Å². The molecule has 2 heterocycles. The van der Waals surface area contributed by atoms with Crippen LogP contribution in [0, 0.1) is 0 Å². The second-order valence-corrected chi connectivity index (χ2v) is 8.10. The molecule has 140 valence electrons. The van der Waals surface area contributed by atoms with Gasteiger partial charge in [-0.25, -0.2) is 4.68 Å². The highest BCUT2D eigenvalue weighted by Crippen LogP contribution is 2.37. The summed E-state index contributed by atoms with van der Waals surface area (Å²) in [5.74, 6) is -0.150. The zero-order valence-corrected chi connectivity index (χ0v) is 16.3. The fourth-order valence-electron chi connectivity index (χ4n) is 3.05. The first-order valence-electron chi connectivity index (χ1n) is 8.65. The first-order chi connectivity index (χ1) is 12.6. The first kappa shape index (κ1) is 18.2. The van der Waals surface area contributed by atoms with Gasteiger partial charge in [-0.2, -0.15) is 5.10 Å². The normalized spacial score (nSPS) is 18.3. The summed E-state index contributed by atoms with van der Waals surface area (Å²) in [6.07, 6.45) is 0. The lowest BCUT2D eigenvalue weighted by Gasteiger charge is -2.32. The maximum atomic E-state index is 10.1. The van der Waals surface area contributed by atoms with Crippen molar-refractivity contribution in [2.75, 3.05) is 0 Å². The highest BCUT2D eigenvalue weighted by molar-refractivity contribution is 6.62. The molecule has 3 aromatic rings. The number of rotatable bonds is 2. The van der Waals surface area contributed by atoms with E-state index >= 15 is 0 Å². The third kappa shape index (κ3) is 2.86. The largest absolute Gasteiger partial charge is 0.508 e. The van der Waals surface area contributed by atoms with Crippen LogP contribution in [0.15, 0.2) is 36.4 Å². The Hall–Kier alpha value is -2.22. The Morgan fingerprint density at radius 3 is 2.30 bits per heavy atom. The number of halogens is 1. The lowest BCUT2D eigenvalue weighted by atomic mass is 9.79. The van der Waals surface area contributed by atoms with Crippen LogP contribution in [0.2, 0.25) is 5.15 Å². The average Bonchev–Trinajstić information content (AvgIpc) is 3.01. The summed E-state index contributed by atoms with van der Waals surface area (Å²) in [6, 6.07) is 9.89. The molecule has 4 rings (SSSR count). The maximum Gasteiger partial charge on any atom is 0.494 e. The van der Waals surface area contributed by atoms with Crippen molar-refractivity contribution in [1.82, 2.24) is 9.78 Å². The minimum Gasteiger partial charge on any atom is -0.508 e. The molecule has 1 aliphatic rings. The van der Waals surface area contributed by atoms with Gasteiger partial charge in [-0.05, 0) is 57.4 Å². The van der Waals surface area contributed by atoms with Gasteiger partial charge in [0.2, 0.25) is 0 Å². The molecular weight excluding hydrogens is 366 g/mol. The Bertz CT molecular complexity index is 1030. The van der Waals surface area contributed by atoms with Crippen molar-refractivity contribution in [2.45, 2.75) is 38.9 Å². The predicted molar refractivity (Wildman–Crippen MR) is 105 cm³/mol. The molecule has 0 bridgehead atoms. The molecule has 2 aromatic carbocycles. The van der Waals surface area contributed by atoms with Crippen LogP contribution >= 0.6 is 11.6 Å². The Labute approximate surface area is 162 Å². The Morgan fingerprint density at radius 2 is 1.67 bits per heavy atom. The number of phenolic OH excluding ortho intramolecular Hbond substituents is 2. The van der Waals surface area contributed by atoms with Crippen LogP contribution in [0.4, 0.5) is 0 Å². The summed E-state index contributed by atoms with van der Waals surface area (Å²) < 4.78 is 13.6. The number of fused-ring (bicyclic) bond motifs is 1. The van der Waals surface area contributed by atoms with Crippen molar-refractivity contribution in [3.8, 4) is 17.2 Å². The summed E-state index contributed by atoms with van der Waals surface area (Å²) in [5.41, 5.74) is 1.04. The fraction of sp³-hybridized carbons (Fsp3) is 0.316. The number of nitrogens with zero attached hydrogens (tertiary/aromatic N) is 2. The zero-order chi connectivity index (χ0) is 19.6. The van der Waals surface area contributed by atoms with Gasteiger partial charge in [0.25, 0.3) is 0 Å². The predicted octanol–water partition coefficient (Wildman–Crippen LogP) is 3.39. The molecular formula is C19H20BClN2O4. The molecule has 0 atom stereocenters. The maximum absolute atomic E-state index is 10.1. The second kappa shape index (κ2) is 5.89. The Kier molecular flexibility index (Phi) is 3.96. The number of hydrogen-bond acceptors (Lipinski definition) is 5. The quantitative estimate of drug-likeness (QED) is 0.660. The van der Waals surface area contributed by atoms with Crippen LogP contribution in [0.5, 0.6) is 11.5 Å². The smallest absolute Gasteiger partial charge is 0.494 e. The van der Waals surface area contributed by atoms with Gasteiger partial charge >= 0.3 is 7.12 Å². The summed E-state index contributed by atoms with van der Waals surface area (Å²) in [7, 11) is -0.499. The number of aromatic nitrogens is 2. The molecule has 0 unspecified atom stereocenters. The number of hydrogen-bond donors (Lipinski definition) is 2. The van der Waals surface area contributed by atoms with Crippen LogP contribution in [-0.2, 0) is 9.31 Å². The summed E-state index contributed by atoms with van der Waals surface area (Å²) in [6.45, 7) is 8.02. The lowest BCUT2D eigenvalue weighted by molar-refractivity contribution is 0.00578. The van der Waals surface area contributed by atoms with E-state index in [1.54, 1.807) is 6.07 Å². The number of benzene rings is 2. The van der Waals surface area contributed by atoms with Gasteiger partial charge in [0, 0.05) is 11.5 Å². The summed E-state index contributed by atoms with van der Waals surface area (Å²) >= 11 is 6.54. The minimum absolute atomic E-state index is 0.0351. The van der Waals surface area contributed by atoms with Gasteiger partial charge in [-0.3, -0.25) is 0 Å². The van der Waals surface area contributed by atoms with E-state index < -0.39 is 18.3 Å². The van der Waals surface area contributed by atoms with Crippen LogP contribution in [0.3, 0.4) is 0 Å². The SMILES string of the molecule is CC1(C)OB(c2ccc3nn(-c4ccc(O)cc4O)c(Cl)c3c2)OC1(C)C. The van der Waals surface area contributed by atoms with E-state index in [0.717, 1.165) is 10.8 Å². The van der Waals surface area contributed by atoms with Gasteiger partial charge in [0.1, 0.15) is 22.3 Å². The molecule has 1 aliphatic heterocycles. The van der Waals surface area contributed by atoms with Crippen molar-refractivity contribution in [2.24, 2.45) is 0 Å². The fourth-order valence-corrected chi connectivity index (χ4v) is 3.33. The third-order valence-corrected chi connectivity index (χ3v) is 5.71. The van der Waals surface area contributed by atoms with E-state index in [9.17, 15) is 10.2 Å². The number of phenols is 2. The van der Waals surface area contributed by atoms with E-state index in [0.29, 0.717) is 16.4 Å². The molecule has 0 saturated carbocycles. The van der Waals surface area contributed by atoms with Gasteiger partial charge in [0.15, 0.2) is 0 Å². The standard InChI is InChI=1S/C19H20BClN2O4/c1-18(2)19(3,4)27-20(26-18)11-5-7-14-13(9-11)17(21)23(22-14)15-8-6-12(24)10-16(15)25/h5-10,24-25H,1-4H3. The third-order valence-electron chi connectivity index (χ3n) is 5.35. The topological polar surface area (TPSA) is 76.7 Å². The highest BCUT2D eigenvalue weighted by atomic mass is 35.5.